The lowest BCUT2D eigenvalue weighted by molar-refractivity contribution is 0.0913. The van der Waals surface area contributed by atoms with Crippen LogP contribution in [-0.4, -0.2) is 38.6 Å². The normalized spacial score (nSPS) is 19.6. The highest BCUT2D eigenvalue weighted by molar-refractivity contribution is 5.97. The maximum Gasteiger partial charge on any atom is 0.267 e. The summed E-state index contributed by atoms with van der Waals surface area (Å²) in [5, 5.41) is 12.3. The largest absolute Gasteiger partial charge is 0.376 e. The van der Waals surface area contributed by atoms with E-state index in [0.29, 0.717) is 29.8 Å². The van der Waals surface area contributed by atoms with E-state index in [0.717, 1.165) is 44.1 Å². The Balaban J connectivity index is 1.68. The smallest absolute Gasteiger partial charge is 0.267 e. The Labute approximate surface area is 185 Å². The predicted octanol–water partition coefficient (Wildman–Crippen LogP) is 2.68. The van der Waals surface area contributed by atoms with Crippen molar-refractivity contribution < 1.29 is 9.53 Å². The van der Waals surface area contributed by atoms with Gasteiger partial charge in [-0.25, -0.2) is 4.98 Å². The Bertz CT molecular complexity index is 1300. The molecule has 1 saturated heterocycles. The molecule has 2 N–H and O–H groups in total. The van der Waals surface area contributed by atoms with Crippen LogP contribution in [0.25, 0.3) is 16.7 Å². The van der Waals surface area contributed by atoms with Gasteiger partial charge in [0.1, 0.15) is 16.8 Å². The number of carbonyl (C=O) groups excluding carboxylic acids is 1. The first-order valence-electron chi connectivity index (χ1n) is 11.6. The van der Waals surface area contributed by atoms with Crippen LogP contribution in [0.15, 0.2) is 29.2 Å². The number of hydrogen-bond acceptors (Lipinski definition) is 5. The summed E-state index contributed by atoms with van der Waals surface area (Å²) in [6.07, 6.45) is 8.81. The first-order valence-corrected chi connectivity index (χ1v) is 11.6. The van der Waals surface area contributed by atoms with Gasteiger partial charge in [-0.05, 0) is 50.3 Å². The minimum atomic E-state index is -0.293. The summed E-state index contributed by atoms with van der Waals surface area (Å²) in [7, 11) is 0. The number of rotatable bonds is 4. The summed E-state index contributed by atoms with van der Waals surface area (Å²) < 4.78 is 9.01. The Hall–Kier alpha value is -3.00. The van der Waals surface area contributed by atoms with Gasteiger partial charge >= 0.3 is 0 Å². The number of hydrogen-bond donors (Lipinski definition) is 2. The molecule has 0 spiro atoms. The van der Waals surface area contributed by atoms with Crippen LogP contribution in [0.1, 0.15) is 60.9 Å². The number of fused-ring (bicyclic) bond motifs is 2. The second-order valence-electron chi connectivity index (χ2n) is 9.00. The van der Waals surface area contributed by atoms with E-state index in [2.05, 4.69) is 5.32 Å². The minimum Gasteiger partial charge on any atom is -0.376 e. The SMILES string of the molecule is Cc1cccn2c(=O)c3cc(C(=O)NC4CCCCC4)c(=N)n(CC4CCCO4)c3nc12. The number of amides is 1. The van der Waals surface area contributed by atoms with E-state index in [1.165, 1.54) is 10.8 Å². The van der Waals surface area contributed by atoms with Crippen LogP contribution in [0.4, 0.5) is 0 Å². The Morgan fingerprint density at radius 1 is 1.22 bits per heavy atom. The van der Waals surface area contributed by atoms with E-state index >= 15 is 0 Å². The van der Waals surface area contributed by atoms with Gasteiger partial charge in [0.25, 0.3) is 11.5 Å². The number of carbonyl (C=O) groups is 1. The molecule has 32 heavy (non-hydrogen) atoms. The van der Waals surface area contributed by atoms with Crippen molar-refractivity contribution in [2.45, 2.75) is 70.6 Å². The van der Waals surface area contributed by atoms with Gasteiger partial charge in [-0.3, -0.25) is 19.4 Å². The fraction of sp³-hybridized carbons (Fsp3) is 0.500. The van der Waals surface area contributed by atoms with Gasteiger partial charge in [0.2, 0.25) is 0 Å². The third-order valence-electron chi connectivity index (χ3n) is 6.73. The second kappa shape index (κ2) is 8.50. The molecular formula is C24H29N5O3. The second-order valence-corrected chi connectivity index (χ2v) is 9.00. The molecule has 168 valence electrons. The van der Waals surface area contributed by atoms with Crippen molar-refractivity contribution in [3.05, 3.63) is 51.4 Å². The Morgan fingerprint density at radius 3 is 2.78 bits per heavy atom. The summed E-state index contributed by atoms with van der Waals surface area (Å²) in [5.74, 6) is -0.293. The fourth-order valence-corrected chi connectivity index (χ4v) is 4.95. The third kappa shape index (κ3) is 3.72. The molecule has 0 radical (unpaired) electrons. The molecule has 1 aliphatic heterocycles. The topological polar surface area (TPSA) is 101 Å². The minimum absolute atomic E-state index is 0.0546. The van der Waals surface area contributed by atoms with Crippen molar-refractivity contribution in [1.82, 2.24) is 19.3 Å². The summed E-state index contributed by atoms with van der Waals surface area (Å²) in [4.78, 5) is 31.4. The highest BCUT2D eigenvalue weighted by Crippen LogP contribution is 2.19. The van der Waals surface area contributed by atoms with Crippen molar-refractivity contribution in [3.8, 4) is 0 Å². The molecule has 1 unspecified atom stereocenters. The summed E-state index contributed by atoms with van der Waals surface area (Å²) in [6, 6.07) is 5.39. The standard InChI is InChI=1S/C24H29N5O3/c1-15-7-5-11-28-21(15)27-22-19(24(28)31)13-18(23(30)26-16-8-3-2-4-9-16)20(25)29(22)14-17-10-6-12-32-17/h5,7,11,13,16-17,25H,2-4,6,8-10,12,14H2,1H3,(H,26,30). The van der Waals surface area contributed by atoms with Gasteiger partial charge in [-0.2, -0.15) is 0 Å². The van der Waals surface area contributed by atoms with E-state index in [1.807, 2.05) is 19.1 Å². The van der Waals surface area contributed by atoms with E-state index in [1.54, 1.807) is 16.8 Å². The van der Waals surface area contributed by atoms with Crippen molar-refractivity contribution >= 4 is 22.6 Å². The average Bonchev–Trinajstić information content (AvgIpc) is 3.30. The molecule has 2 fully saturated rings. The van der Waals surface area contributed by atoms with Crippen molar-refractivity contribution in [1.29, 1.82) is 5.41 Å². The van der Waals surface area contributed by atoms with Crippen LogP contribution in [0.3, 0.4) is 0 Å². The molecular weight excluding hydrogens is 406 g/mol. The number of aromatic nitrogens is 3. The van der Waals surface area contributed by atoms with Crippen LogP contribution in [-0.2, 0) is 11.3 Å². The van der Waals surface area contributed by atoms with Crippen LogP contribution in [0, 0.1) is 12.3 Å². The molecule has 0 bridgehead atoms. The average molecular weight is 436 g/mol. The Kier molecular flexibility index (Phi) is 5.55. The van der Waals surface area contributed by atoms with E-state index in [-0.39, 0.29) is 34.7 Å². The molecule has 8 nitrogen and oxygen atoms in total. The molecule has 2 aliphatic rings. The molecule has 1 saturated carbocycles. The molecule has 3 aromatic heterocycles. The van der Waals surface area contributed by atoms with Crippen molar-refractivity contribution in [2.24, 2.45) is 0 Å². The van der Waals surface area contributed by atoms with Crippen molar-refractivity contribution in [3.63, 3.8) is 0 Å². The lowest BCUT2D eigenvalue weighted by Crippen LogP contribution is -2.41. The zero-order chi connectivity index (χ0) is 22.2. The molecule has 0 aromatic carbocycles. The number of aryl methyl sites for hydroxylation is 1. The maximum atomic E-state index is 13.4. The molecule has 5 rings (SSSR count). The molecule has 1 aliphatic carbocycles. The fourth-order valence-electron chi connectivity index (χ4n) is 4.95. The lowest BCUT2D eigenvalue weighted by atomic mass is 9.95. The number of pyridine rings is 2. The van der Waals surface area contributed by atoms with Crippen molar-refractivity contribution in [2.75, 3.05) is 6.61 Å². The summed E-state index contributed by atoms with van der Waals surface area (Å²) in [6.45, 7) is 3.00. The zero-order valence-corrected chi connectivity index (χ0v) is 18.4. The quantitative estimate of drug-likeness (QED) is 0.615. The van der Waals surface area contributed by atoms with Crippen LogP contribution in [0.2, 0.25) is 0 Å². The van der Waals surface area contributed by atoms with E-state index < -0.39 is 0 Å². The highest BCUT2D eigenvalue weighted by Gasteiger charge is 2.24. The highest BCUT2D eigenvalue weighted by atomic mass is 16.5. The Morgan fingerprint density at radius 2 is 2.03 bits per heavy atom. The number of ether oxygens (including phenoxy) is 1. The molecule has 4 heterocycles. The van der Waals surface area contributed by atoms with Gasteiger partial charge in [-0.15, -0.1) is 0 Å². The monoisotopic (exact) mass is 435 g/mol. The first-order chi connectivity index (χ1) is 15.5. The van der Waals surface area contributed by atoms with Gasteiger partial charge in [0, 0.05) is 18.8 Å². The molecule has 1 amide bonds. The van der Waals surface area contributed by atoms with Crippen LogP contribution >= 0.6 is 0 Å². The lowest BCUT2D eigenvalue weighted by Gasteiger charge is -2.23. The van der Waals surface area contributed by atoms with Gasteiger partial charge < -0.3 is 14.6 Å². The summed E-state index contributed by atoms with van der Waals surface area (Å²) in [5.41, 5.74) is 1.92. The number of nitrogens with zero attached hydrogens (tertiary/aromatic N) is 3. The molecule has 3 aromatic rings. The third-order valence-corrected chi connectivity index (χ3v) is 6.73. The maximum absolute atomic E-state index is 13.4. The number of nitrogens with one attached hydrogen (secondary N) is 2. The van der Waals surface area contributed by atoms with Gasteiger partial charge in [0.05, 0.1) is 23.6 Å². The molecule has 1 atom stereocenters. The predicted molar refractivity (Wildman–Crippen MR) is 121 cm³/mol. The van der Waals surface area contributed by atoms with Crippen LogP contribution in [0.5, 0.6) is 0 Å². The van der Waals surface area contributed by atoms with Crippen LogP contribution < -0.4 is 16.4 Å². The zero-order valence-electron chi connectivity index (χ0n) is 18.4. The van der Waals surface area contributed by atoms with E-state index in [4.69, 9.17) is 15.1 Å². The van der Waals surface area contributed by atoms with Gasteiger partial charge in [0.15, 0.2) is 0 Å². The van der Waals surface area contributed by atoms with Gasteiger partial charge in [-0.1, -0.05) is 25.3 Å². The first kappa shape index (κ1) is 20.9. The van der Waals surface area contributed by atoms with E-state index in [9.17, 15) is 9.59 Å². The molecule has 8 heteroatoms. The summed E-state index contributed by atoms with van der Waals surface area (Å²) >= 11 is 0.